The molecule has 0 spiro atoms. The van der Waals surface area contributed by atoms with Crippen molar-refractivity contribution in [1.82, 2.24) is 0 Å². The molecule has 2 aromatic carbocycles. The molecule has 0 atom stereocenters. The SMILES string of the molecule is Cc1cc(C)c(C)c(OCc2cc(N)cc(Br)c2)c1. The van der Waals surface area contributed by atoms with E-state index in [1.807, 2.05) is 18.2 Å². The van der Waals surface area contributed by atoms with Gasteiger partial charge in [-0.25, -0.2) is 0 Å². The average molecular weight is 320 g/mol. The lowest BCUT2D eigenvalue weighted by Gasteiger charge is -2.13. The summed E-state index contributed by atoms with van der Waals surface area (Å²) in [7, 11) is 0. The molecule has 0 fully saturated rings. The van der Waals surface area contributed by atoms with Crippen LogP contribution in [0.5, 0.6) is 5.75 Å². The van der Waals surface area contributed by atoms with Gasteiger partial charge in [-0.05, 0) is 67.3 Å². The lowest BCUT2D eigenvalue weighted by Crippen LogP contribution is -2.00. The quantitative estimate of drug-likeness (QED) is 0.843. The summed E-state index contributed by atoms with van der Waals surface area (Å²) in [5, 5.41) is 0. The van der Waals surface area contributed by atoms with Crippen LogP contribution in [0.4, 0.5) is 5.69 Å². The summed E-state index contributed by atoms with van der Waals surface area (Å²) < 4.78 is 6.89. The van der Waals surface area contributed by atoms with E-state index >= 15 is 0 Å². The summed E-state index contributed by atoms with van der Waals surface area (Å²) >= 11 is 3.44. The van der Waals surface area contributed by atoms with Gasteiger partial charge >= 0.3 is 0 Å². The van der Waals surface area contributed by atoms with Gasteiger partial charge in [0.1, 0.15) is 12.4 Å². The van der Waals surface area contributed by atoms with Crippen molar-refractivity contribution in [2.45, 2.75) is 27.4 Å². The van der Waals surface area contributed by atoms with E-state index in [-0.39, 0.29) is 0 Å². The molecule has 0 amide bonds. The van der Waals surface area contributed by atoms with Crippen molar-refractivity contribution < 1.29 is 4.74 Å². The molecule has 0 unspecified atom stereocenters. The van der Waals surface area contributed by atoms with Crippen molar-refractivity contribution in [2.75, 3.05) is 5.73 Å². The van der Waals surface area contributed by atoms with E-state index < -0.39 is 0 Å². The van der Waals surface area contributed by atoms with Crippen molar-refractivity contribution in [3.63, 3.8) is 0 Å². The number of ether oxygens (including phenoxy) is 1. The predicted molar refractivity (Wildman–Crippen MR) is 83.5 cm³/mol. The largest absolute Gasteiger partial charge is 0.489 e. The maximum absolute atomic E-state index is 5.92. The fourth-order valence-corrected chi connectivity index (χ4v) is 2.63. The van der Waals surface area contributed by atoms with E-state index in [2.05, 4.69) is 48.8 Å². The monoisotopic (exact) mass is 319 g/mol. The summed E-state index contributed by atoms with van der Waals surface area (Å²) in [6.45, 7) is 6.79. The summed E-state index contributed by atoms with van der Waals surface area (Å²) in [6, 6.07) is 10.1. The molecule has 0 bridgehead atoms. The second-order valence-corrected chi connectivity index (χ2v) is 5.80. The number of hydrogen-bond acceptors (Lipinski definition) is 2. The van der Waals surface area contributed by atoms with Crippen LogP contribution in [0.15, 0.2) is 34.8 Å². The third-order valence-electron chi connectivity index (χ3n) is 3.14. The number of anilines is 1. The van der Waals surface area contributed by atoms with Crippen LogP contribution in [0.1, 0.15) is 22.3 Å². The second-order valence-electron chi connectivity index (χ2n) is 4.89. The number of aryl methyl sites for hydroxylation is 2. The van der Waals surface area contributed by atoms with E-state index in [9.17, 15) is 0 Å². The normalized spacial score (nSPS) is 10.5. The molecule has 2 aromatic rings. The van der Waals surface area contributed by atoms with E-state index in [0.29, 0.717) is 6.61 Å². The molecule has 100 valence electrons. The van der Waals surface area contributed by atoms with E-state index in [4.69, 9.17) is 10.5 Å². The highest BCUT2D eigenvalue weighted by atomic mass is 79.9. The zero-order chi connectivity index (χ0) is 14.0. The Morgan fingerprint density at radius 2 is 1.79 bits per heavy atom. The van der Waals surface area contributed by atoms with Gasteiger partial charge in [0, 0.05) is 10.2 Å². The van der Waals surface area contributed by atoms with Crippen LogP contribution in [0.3, 0.4) is 0 Å². The molecule has 0 aliphatic rings. The highest BCUT2D eigenvalue weighted by molar-refractivity contribution is 9.10. The number of nitrogen functional groups attached to an aromatic ring is 1. The van der Waals surface area contributed by atoms with Gasteiger partial charge in [-0.1, -0.05) is 22.0 Å². The summed E-state index contributed by atoms with van der Waals surface area (Å²) in [5.41, 5.74) is 11.3. The molecule has 2 N–H and O–H groups in total. The lowest BCUT2D eigenvalue weighted by atomic mass is 10.1. The average Bonchev–Trinajstić information content (AvgIpc) is 2.30. The highest BCUT2D eigenvalue weighted by Crippen LogP contribution is 2.25. The Morgan fingerprint density at radius 1 is 1.05 bits per heavy atom. The van der Waals surface area contributed by atoms with Gasteiger partial charge in [0.15, 0.2) is 0 Å². The molecular formula is C16H18BrNO. The molecule has 19 heavy (non-hydrogen) atoms. The molecule has 0 heterocycles. The Morgan fingerprint density at radius 3 is 2.47 bits per heavy atom. The molecule has 0 aliphatic carbocycles. The summed E-state index contributed by atoms with van der Waals surface area (Å²) in [6.07, 6.45) is 0. The first-order valence-electron chi connectivity index (χ1n) is 6.21. The minimum Gasteiger partial charge on any atom is -0.489 e. The minimum absolute atomic E-state index is 0.521. The third kappa shape index (κ3) is 3.51. The fourth-order valence-electron chi connectivity index (χ4n) is 2.07. The molecule has 0 saturated carbocycles. The van der Waals surface area contributed by atoms with Crippen LogP contribution in [-0.2, 0) is 6.61 Å². The van der Waals surface area contributed by atoms with E-state index in [1.165, 1.54) is 16.7 Å². The van der Waals surface area contributed by atoms with Gasteiger partial charge in [-0.15, -0.1) is 0 Å². The van der Waals surface area contributed by atoms with Crippen LogP contribution < -0.4 is 10.5 Å². The number of nitrogens with two attached hydrogens (primary N) is 1. The van der Waals surface area contributed by atoms with Gasteiger partial charge in [0.05, 0.1) is 0 Å². The van der Waals surface area contributed by atoms with Crippen molar-refractivity contribution in [3.8, 4) is 5.75 Å². The van der Waals surface area contributed by atoms with E-state index in [1.54, 1.807) is 0 Å². The Bertz CT molecular complexity index is 588. The number of rotatable bonds is 3. The molecular weight excluding hydrogens is 302 g/mol. The zero-order valence-electron chi connectivity index (χ0n) is 11.5. The van der Waals surface area contributed by atoms with Crippen molar-refractivity contribution in [3.05, 3.63) is 57.1 Å². The number of benzene rings is 2. The molecule has 0 saturated heterocycles. The van der Waals surface area contributed by atoms with Crippen LogP contribution in [-0.4, -0.2) is 0 Å². The van der Waals surface area contributed by atoms with Crippen molar-refractivity contribution >= 4 is 21.6 Å². The second kappa shape index (κ2) is 5.66. The predicted octanol–water partition coefficient (Wildman–Crippen LogP) is 4.54. The van der Waals surface area contributed by atoms with Gasteiger partial charge in [-0.2, -0.15) is 0 Å². The topological polar surface area (TPSA) is 35.2 Å². The standard InChI is InChI=1S/C16H18BrNO/c1-10-4-11(2)12(3)16(5-10)19-9-13-6-14(17)8-15(18)7-13/h4-8H,9,18H2,1-3H3. The number of halogens is 1. The van der Waals surface area contributed by atoms with Gasteiger partial charge in [0.2, 0.25) is 0 Å². The smallest absolute Gasteiger partial charge is 0.123 e. The molecule has 3 heteroatoms. The Balaban J connectivity index is 2.19. The van der Waals surface area contributed by atoms with Crippen LogP contribution >= 0.6 is 15.9 Å². The maximum Gasteiger partial charge on any atom is 0.123 e. The van der Waals surface area contributed by atoms with Gasteiger partial charge < -0.3 is 10.5 Å². The Labute approximate surface area is 122 Å². The first kappa shape index (κ1) is 13.9. The van der Waals surface area contributed by atoms with Gasteiger partial charge in [0.25, 0.3) is 0 Å². The first-order valence-corrected chi connectivity index (χ1v) is 7.00. The molecule has 2 nitrogen and oxygen atoms in total. The molecule has 2 rings (SSSR count). The Kier molecular flexibility index (Phi) is 4.15. The van der Waals surface area contributed by atoms with Crippen LogP contribution in [0, 0.1) is 20.8 Å². The summed E-state index contributed by atoms with van der Waals surface area (Å²) in [4.78, 5) is 0. The van der Waals surface area contributed by atoms with Crippen molar-refractivity contribution in [1.29, 1.82) is 0 Å². The third-order valence-corrected chi connectivity index (χ3v) is 3.60. The zero-order valence-corrected chi connectivity index (χ0v) is 13.0. The van der Waals surface area contributed by atoms with Crippen LogP contribution in [0.2, 0.25) is 0 Å². The van der Waals surface area contributed by atoms with Crippen molar-refractivity contribution in [2.24, 2.45) is 0 Å². The van der Waals surface area contributed by atoms with E-state index in [0.717, 1.165) is 21.5 Å². The maximum atomic E-state index is 5.92. The lowest BCUT2D eigenvalue weighted by molar-refractivity contribution is 0.303. The Hall–Kier alpha value is -1.48. The number of hydrogen-bond donors (Lipinski definition) is 1. The first-order chi connectivity index (χ1) is 8.95. The fraction of sp³-hybridized carbons (Fsp3) is 0.250. The van der Waals surface area contributed by atoms with Crippen LogP contribution in [0.25, 0.3) is 0 Å². The highest BCUT2D eigenvalue weighted by Gasteiger charge is 2.05. The molecule has 0 aromatic heterocycles. The minimum atomic E-state index is 0.521. The molecule has 0 aliphatic heterocycles. The van der Waals surface area contributed by atoms with Gasteiger partial charge in [-0.3, -0.25) is 0 Å². The summed E-state index contributed by atoms with van der Waals surface area (Å²) in [5.74, 6) is 0.941. The molecule has 0 radical (unpaired) electrons.